The van der Waals surface area contributed by atoms with Gasteiger partial charge in [-0.3, -0.25) is 4.79 Å². The van der Waals surface area contributed by atoms with E-state index in [-0.39, 0.29) is 11.2 Å². The molecule has 17 heavy (non-hydrogen) atoms. The molecule has 1 amide bonds. The molecule has 0 saturated heterocycles. The summed E-state index contributed by atoms with van der Waals surface area (Å²) in [6, 6.07) is 8.01. The second-order valence-electron chi connectivity index (χ2n) is 3.65. The highest BCUT2D eigenvalue weighted by Gasteiger charge is 2.32. The smallest absolute Gasteiger partial charge is 0.266 e. The van der Waals surface area contributed by atoms with Gasteiger partial charge in [0.05, 0.1) is 5.71 Å². The third-order valence-corrected chi connectivity index (χ3v) is 4.35. The van der Waals surface area contributed by atoms with Gasteiger partial charge in [-0.15, -0.1) is 11.8 Å². The van der Waals surface area contributed by atoms with Crippen LogP contribution in [0.5, 0.6) is 0 Å². The van der Waals surface area contributed by atoms with Gasteiger partial charge in [0.2, 0.25) is 0 Å². The first-order chi connectivity index (χ1) is 8.24. The van der Waals surface area contributed by atoms with E-state index in [9.17, 15) is 4.79 Å². The fourth-order valence-corrected chi connectivity index (χ4v) is 3.09. The van der Waals surface area contributed by atoms with Crippen molar-refractivity contribution in [3.8, 4) is 0 Å². The number of amides is 1. The molecule has 3 nitrogen and oxygen atoms in total. The number of rotatable bonds is 1. The Morgan fingerprint density at radius 3 is 2.71 bits per heavy atom. The van der Waals surface area contributed by atoms with E-state index in [1.807, 2.05) is 30.3 Å². The molecular weight excluding hydrogens is 300 g/mol. The van der Waals surface area contributed by atoms with Gasteiger partial charge in [-0.25, -0.2) is 9.98 Å². The summed E-state index contributed by atoms with van der Waals surface area (Å²) in [4.78, 5) is 20.5. The molecule has 0 N–H and O–H groups in total. The molecule has 1 atom stereocenters. The van der Waals surface area contributed by atoms with Crippen molar-refractivity contribution in [3.63, 3.8) is 0 Å². The van der Waals surface area contributed by atoms with Crippen LogP contribution >= 0.6 is 27.7 Å². The SMILES string of the molecule is O=C1N=CN=C2C=C(c3ccc(Br)cc3)SC12. The maximum atomic E-state index is 11.6. The first-order valence-corrected chi connectivity index (χ1v) is 6.70. The lowest BCUT2D eigenvalue weighted by atomic mass is 10.1. The lowest BCUT2D eigenvalue weighted by Crippen LogP contribution is -2.24. The molecule has 2 heterocycles. The number of halogens is 1. The van der Waals surface area contributed by atoms with Crippen molar-refractivity contribution in [2.75, 3.05) is 0 Å². The summed E-state index contributed by atoms with van der Waals surface area (Å²) < 4.78 is 1.04. The maximum absolute atomic E-state index is 11.6. The van der Waals surface area contributed by atoms with Crippen LogP contribution in [0.3, 0.4) is 0 Å². The highest BCUT2D eigenvalue weighted by molar-refractivity contribution is 9.10. The Bertz CT molecular complexity index is 575. The van der Waals surface area contributed by atoms with Gasteiger partial charge in [-0.2, -0.15) is 0 Å². The average Bonchev–Trinajstić information content (AvgIpc) is 2.75. The number of allylic oxidation sites excluding steroid dienone is 1. The van der Waals surface area contributed by atoms with E-state index in [0.29, 0.717) is 0 Å². The van der Waals surface area contributed by atoms with E-state index >= 15 is 0 Å². The molecule has 2 aliphatic rings. The van der Waals surface area contributed by atoms with Crippen LogP contribution in [0.25, 0.3) is 4.91 Å². The van der Waals surface area contributed by atoms with Crippen LogP contribution in [0.2, 0.25) is 0 Å². The second-order valence-corrected chi connectivity index (χ2v) is 5.71. The zero-order valence-electron chi connectivity index (χ0n) is 8.63. The fraction of sp³-hybridized carbons (Fsp3) is 0.0833. The number of benzene rings is 1. The first-order valence-electron chi connectivity index (χ1n) is 5.02. The summed E-state index contributed by atoms with van der Waals surface area (Å²) in [7, 11) is 0. The molecule has 1 aromatic carbocycles. The number of nitrogens with zero attached hydrogens (tertiary/aromatic N) is 2. The number of thioether (sulfide) groups is 1. The molecule has 3 rings (SSSR count). The van der Waals surface area contributed by atoms with Crippen LogP contribution in [0.15, 0.2) is 44.8 Å². The Labute approximate surface area is 111 Å². The predicted molar refractivity (Wildman–Crippen MR) is 74.4 cm³/mol. The van der Waals surface area contributed by atoms with Crippen LogP contribution in [0.4, 0.5) is 0 Å². The Morgan fingerprint density at radius 2 is 2.00 bits per heavy atom. The number of aliphatic imine (C=N–C) groups is 2. The zero-order chi connectivity index (χ0) is 11.8. The number of fused-ring (bicyclic) bond motifs is 1. The van der Waals surface area contributed by atoms with Crippen LogP contribution in [-0.4, -0.2) is 23.2 Å². The third-order valence-electron chi connectivity index (χ3n) is 2.54. The standard InChI is InChI=1S/C12H7BrN2OS/c13-8-3-1-7(2-4-8)10-5-9-11(17-10)12(16)15-6-14-9/h1-6,11H. The van der Waals surface area contributed by atoms with Gasteiger partial charge in [0.1, 0.15) is 11.6 Å². The van der Waals surface area contributed by atoms with E-state index < -0.39 is 0 Å². The summed E-state index contributed by atoms with van der Waals surface area (Å²) in [6.45, 7) is 0. The average molecular weight is 307 g/mol. The van der Waals surface area contributed by atoms with Crippen LogP contribution in [0.1, 0.15) is 5.56 Å². The number of carbonyl (C=O) groups excluding carboxylic acids is 1. The van der Waals surface area contributed by atoms with Crippen molar-refractivity contribution < 1.29 is 4.79 Å². The monoisotopic (exact) mass is 306 g/mol. The van der Waals surface area contributed by atoms with E-state index in [1.165, 1.54) is 18.1 Å². The van der Waals surface area contributed by atoms with Crippen LogP contribution in [-0.2, 0) is 4.79 Å². The van der Waals surface area contributed by atoms with Gasteiger partial charge < -0.3 is 0 Å². The molecule has 0 aliphatic carbocycles. The minimum atomic E-state index is -0.251. The number of carbonyl (C=O) groups is 1. The summed E-state index contributed by atoms with van der Waals surface area (Å²) in [6.07, 6.45) is 3.29. The summed E-state index contributed by atoms with van der Waals surface area (Å²) in [5.74, 6) is -0.122. The molecule has 0 fully saturated rings. The molecular formula is C12H7BrN2OS. The molecule has 0 radical (unpaired) electrons. The van der Waals surface area contributed by atoms with Crippen molar-refractivity contribution in [2.45, 2.75) is 5.25 Å². The van der Waals surface area contributed by atoms with Crippen LogP contribution in [0, 0.1) is 0 Å². The largest absolute Gasteiger partial charge is 0.271 e. The van der Waals surface area contributed by atoms with Gasteiger partial charge in [-0.1, -0.05) is 28.1 Å². The number of hydrogen-bond acceptors (Lipinski definition) is 3. The molecule has 2 aliphatic heterocycles. The Kier molecular flexibility index (Phi) is 2.72. The molecule has 0 saturated carbocycles. The maximum Gasteiger partial charge on any atom is 0.266 e. The lowest BCUT2D eigenvalue weighted by Gasteiger charge is -2.08. The van der Waals surface area contributed by atoms with E-state index in [1.54, 1.807) is 0 Å². The fourth-order valence-electron chi connectivity index (χ4n) is 1.70. The molecule has 5 heteroatoms. The van der Waals surface area contributed by atoms with Crippen molar-refractivity contribution in [3.05, 3.63) is 40.4 Å². The highest BCUT2D eigenvalue weighted by Crippen LogP contribution is 2.39. The normalized spacial score (nSPS) is 22.2. The summed E-state index contributed by atoms with van der Waals surface area (Å²) in [5.41, 5.74) is 1.90. The van der Waals surface area contributed by atoms with Crippen molar-refractivity contribution in [2.24, 2.45) is 9.98 Å². The Hall–Kier alpha value is -1.20. The van der Waals surface area contributed by atoms with Gasteiger partial charge in [0.25, 0.3) is 5.91 Å². The minimum Gasteiger partial charge on any atom is -0.271 e. The second kappa shape index (κ2) is 4.23. The summed E-state index contributed by atoms with van der Waals surface area (Å²) in [5, 5.41) is -0.251. The highest BCUT2D eigenvalue weighted by atomic mass is 79.9. The third kappa shape index (κ3) is 2.00. The number of hydrogen-bond donors (Lipinski definition) is 0. The lowest BCUT2D eigenvalue weighted by molar-refractivity contribution is -0.116. The van der Waals surface area contributed by atoms with Crippen molar-refractivity contribution in [1.82, 2.24) is 0 Å². The molecule has 1 unspecified atom stereocenters. The predicted octanol–water partition coefficient (Wildman–Crippen LogP) is 2.91. The molecule has 0 spiro atoms. The summed E-state index contributed by atoms with van der Waals surface area (Å²) >= 11 is 4.91. The molecule has 0 aromatic heterocycles. The van der Waals surface area contributed by atoms with E-state index in [2.05, 4.69) is 25.9 Å². The quantitative estimate of drug-likeness (QED) is 0.800. The molecule has 84 valence electrons. The minimum absolute atomic E-state index is 0.122. The topological polar surface area (TPSA) is 41.8 Å². The van der Waals surface area contributed by atoms with Crippen molar-refractivity contribution in [1.29, 1.82) is 0 Å². The van der Waals surface area contributed by atoms with Gasteiger partial charge >= 0.3 is 0 Å². The van der Waals surface area contributed by atoms with E-state index in [0.717, 1.165) is 20.7 Å². The Balaban J connectivity index is 1.95. The van der Waals surface area contributed by atoms with Gasteiger partial charge in [0.15, 0.2) is 0 Å². The van der Waals surface area contributed by atoms with Gasteiger partial charge in [0, 0.05) is 9.38 Å². The molecule has 0 bridgehead atoms. The van der Waals surface area contributed by atoms with E-state index in [4.69, 9.17) is 0 Å². The molecule has 1 aromatic rings. The Morgan fingerprint density at radius 1 is 1.24 bits per heavy atom. The van der Waals surface area contributed by atoms with Gasteiger partial charge in [-0.05, 0) is 23.8 Å². The first kappa shape index (κ1) is 10.9. The van der Waals surface area contributed by atoms with Crippen molar-refractivity contribution >= 4 is 50.6 Å². The van der Waals surface area contributed by atoms with Crippen LogP contribution < -0.4 is 0 Å². The zero-order valence-corrected chi connectivity index (χ0v) is 11.0.